The monoisotopic (exact) mass is 361 g/mol. The first-order valence-electron chi connectivity index (χ1n) is 6.83. The molecule has 2 rings (SSSR count). The van der Waals surface area contributed by atoms with E-state index in [1.165, 1.54) is 14.2 Å². The fourth-order valence-electron chi connectivity index (χ4n) is 2.28. The van der Waals surface area contributed by atoms with Gasteiger partial charge in [-0.3, -0.25) is 9.63 Å². The van der Waals surface area contributed by atoms with Crippen LogP contribution in [0.25, 0.3) is 0 Å². The Morgan fingerprint density at radius 1 is 1.48 bits per heavy atom. The minimum absolute atomic E-state index is 0.0901. The molecule has 9 heteroatoms. The number of ether oxygens (including phenoxy) is 1. The highest BCUT2D eigenvalue weighted by Gasteiger charge is 2.31. The average molecular weight is 362 g/mol. The molecule has 3 amide bonds. The van der Waals surface area contributed by atoms with E-state index in [1.807, 2.05) is 6.92 Å². The zero-order valence-corrected chi connectivity index (χ0v) is 14.7. The number of nitrogens with one attached hydrogen (secondary N) is 1. The summed E-state index contributed by atoms with van der Waals surface area (Å²) in [5.74, 6) is 0.433. The topological polar surface area (TPSA) is 71.1 Å². The van der Waals surface area contributed by atoms with E-state index in [0.717, 1.165) is 21.2 Å². The van der Waals surface area contributed by atoms with Gasteiger partial charge in [-0.1, -0.05) is 11.6 Å². The third kappa shape index (κ3) is 3.46. The molecule has 1 heterocycles. The van der Waals surface area contributed by atoms with Crippen LogP contribution in [0.5, 0.6) is 5.75 Å². The highest BCUT2D eigenvalue weighted by atomic mass is 35.5. The van der Waals surface area contributed by atoms with E-state index in [2.05, 4.69) is 5.43 Å². The van der Waals surface area contributed by atoms with Crippen molar-refractivity contribution in [3.8, 4) is 5.75 Å². The van der Waals surface area contributed by atoms with E-state index < -0.39 is 11.4 Å². The third-order valence-electron chi connectivity index (χ3n) is 3.47. The molecular formula is C14H17Cl2N3O4. The predicted molar refractivity (Wildman–Crippen MR) is 87.0 cm³/mol. The van der Waals surface area contributed by atoms with Crippen LogP contribution in [0.1, 0.15) is 18.1 Å². The molecular weight excluding hydrogens is 345 g/mol. The lowest BCUT2D eigenvalue weighted by molar-refractivity contribution is -0.0647. The van der Waals surface area contributed by atoms with Crippen molar-refractivity contribution in [2.45, 2.75) is 26.4 Å². The van der Waals surface area contributed by atoms with Gasteiger partial charge >= 0.3 is 11.4 Å². The van der Waals surface area contributed by atoms with Crippen LogP contribution >= 0.6 is 23.2 Å². The molecule has 1 aliphatic rings. The summed E-state index contributed by atoms with van der Waals surface area (Å²) in [6, 6.07) is 0.959. The molecule has 7 nitrogen and oxygen atoms in total. The number of carbonyl (C=O) groups excluding carboxylic acids is 2. The number of hydrogen-bond donors (Lipinski definition) is 1. The number of rotatable bonds is 2. The Hall–Kier alpha value is -1.70. The standard InChI is InChI=1S/C14H17Cl2N3O4/c1-7-5-10(12-9(11(7)15)6-8(2)23-12)19(13(16)20)17-14(21)18(3)22-4/h5,8H,6H2,1-4H3,(H,17,21). The molecule has 1 atom stereocenters. The Morgan fingerprint density at radius 2 is 2.13 bits per heavy atom. The number of hydrogen-bond acceptors (Lipinski definition) is 4. The molecule has 23 heavy (non-hydrogen) atoms. The summed E-state index contributed by atoms with van der Waals surface area (Å²) < 4.78 is 5.74. The molecule has 1 aromatic carbocycles. The van der Waals surface area contributed by atoms with E-state index in [1.54, 1.807) is 13.0 Å². The Kier molecular flexibility index (Phi) is 5.23. The first-order chi connectivity index (χ1) is 10.8. The first kappa shape index (κ1) is 17.7. The maximum atomic E-state index is 11.9. The second kappa shape index (κ2) is 6.82. The Morgan fingerprint density at radius 3 is 2.70 bits per heavy atom. The zero-order valence-electron chi connectivity index (χ0n) is 13.1. The van der Waals surface area contributed by atoms with Crippen LogP contribution in [0.3, 0.4) is 0 Å². The Labute approximate surface area is 143 Å². The number of urea groups is 1. The summed E-state index contributed by atoms with van der Waals surface area (Å²) in [6.45, 7) is 3.69. The minimum Gasteiger partial charge on any atom is -0.488 e. The predicted octanol–water partition coefficient (Wildman–Crippen LogP) is 3.25. The van der Waals surface area contributed by atoms with Gasteiger partial charge in [0.1, 0.15) is 17.5 Å². The summed E-state index contributed by atoms with van der Waals surface area (Å²) in [5, 5.41) is 1.50. The Balaban J connectivity index is 2.45. The molecule has 0 aromatic heterocycles. The number of hydrazine groups is 1. The molecule has 1 aliphatic heterocycles. The fraction of sp³-hybridized carbons (Fsp3) is 0.429. The normalized spacial score (nSPS) is 15.7. The second-order valence-corrected chi connectivity index (χ2v) is 5.85. The molecule has 0 radical (unpaired) electrons. The smallest absolute Gasteiger partial charge is 0.360 e. The lowest BCUT2D eigenvalue weighted by Crippen LogP contribution is -2.49. The van der Waals surface area contributed by atoms with Crippen LogP contribution in [0, 0.1) is 6.92 Å². The Bertz CT molecular complexity index is 653. The minimum atomic E-state index is -0.894. The van der Waals surface area contributed by atoms with Crippen molar-refractivity contribution in [3.63, 3.8) is 0 Å². The number of amides is 3. The van der Waals surface area contributed by atoms with Gasteiger partial charge in [0, 0.05) is 19.0 Å². The van der Waals surface area contributed by atoms with E-state index in [9.17, 15) is 9.59 Å². The number of halogens is 2. The lowest BCUT2D eigenvalue weighted by Gasteiger charge is -2.25. The SMILES string of the molecule is CON(C)C(=O)NN(C(=O)Cl)c1cc(C)c(Cl)c2c1OC(C)C2. The summed E-state index contributed by atoms with van der Waals surface area (Å²) in [6.07, 6.45) is 0.520. The van der Waals surface area contributed by atoms with Crippen LogP contribution < -0.4 is 15.2 Å². The van der Waals surface area contributed by atoms with Gasteiger partial charge < -0.3 is 4.74 Å². The molecule has 0 fully saturated rings. The lowest BCUT2D eigenvalue weighted by atomic mass is 10.1. The van der Waals surface area contributed by atoms with Crippen molar-refractivity contribution in [1.82, 2.24) is 10.5 Å². The number of carbonyl (C=O) groups is 2. The second-order valence-electron chi connectivity index (χ2n) is 5.15. The van der Waals surface area contributed by atoms with E-state index in [-0.39, 0.29) is 6.10 Å². The van der Waals surface area contributed by atoms with Crippen LogP contribution in [0.15, 0.2) is 6.07 Å². The maximum absolute atomic E-state index is 11.9. The largest absolute Gasteiger partial charge is 0.488 e. The summed E-state index contributed by atoms with van der Waals surface area (Å²) in [4.78, 5) is 28.5. The van der Waals surface area contributed by atoms with E-state index >= 15 is 0 Å². The molecule has 1 N–H and O–H groups in total. The van der Waals surface area contributed by atoms with Crippen LogP contribution in [-0.2, 0) is 11.3 Å². The van der Waals surface area contributed by atoms with Gasteiger partial charge in [0.05, 0.1) is 12.1 Å². The van der Waals surface area contributed by atoms with Gasteiger partial charge in [-0.2, -0.15) is 0 Å². The molecule has 0 saturated heterocycles. The van der Waals surface area contributed by atoms with Gasteiger partial charge in [0.25, 0.3) is 0 Å². The number of nitrogens with zero attached hydrogens (tertiary/aromatic N) is 2. The van der Waals surface area contributed by atoms with Crippen molar-refractivity contribution in [2.75, 3.05) is 19.2 Å². The average Bonchev–Trinajstić information content (AvgIpc) is 2.89. The maximum Gasteiger partial charge on any atom is 0.360 e. The molecule has 0 bridgehead atoms. The van der Waals surface area contributed by atoms with Crippen LogP contribution in [0.4, 0.5) is 15.3 Å². The highest BCUT2D eigenvalue weighted by molar-refractivity contribution is 6.66. The van der Waals surface area contributed by atoms with Crippen LogP contribution in [-0.4, -0.2) is 36.7 Å². The van der Waals surface area contributed by atoms with E-state index in [0.29, 0.717) is 22.9 Å². The number of fused-ring (bicyclic) bond motifs is 1. The van der Waals surface area contributed by atoms with Crippen molar-refractivity contribution in [3.05, 3.63) is 22.2 Å². The highest BCUT2D eigenvalue weighted by Crippen LogP contribution is 2.44. The molecule has 0 saturated carbocycles. The third-order valence-corrected chi connectivity index (χ3v) is 4.16. The molecule has 126 valence electrons. The first-order valence-corrected chi connectivity index (χ1v) is 7.58. The van der Waals surface area contributed by atoms with E-state index in [4.69, 9.17) is 32.8 Å². The number of benzene rings is 1. The molecule has 0 aliphatic carbocycles. The molecule has 1 aromatic rings. The van der Waals surface area contributed by atoms with Gasteiger partial charge in [0.15, 0.2) is 0 Å². The molecule has 0 spiro atoms. The van der Waals surface area contributed by atoms with Gasteiger partial charge in [0.2, 0.25) is 0 Å². The number of aryl methyl sites for hydroxylation is 1. The van der Waals surface area contributed by atoms with Gasteiger partial charge in [-0.15, -0.1) is 0 Å². The van der Waals surface area contributed by atoms with Gasteiger partial charge in [-0.25, -0.2) is 20.3 Å². The van der Waals surface area contributed by atoms with Crippen molar-refractivity contribution in [2.24, 2.45) is 0 Å². The summed E-state index contributed by atoms with van der Waals surface area (Å²) in [7, 11) is 2.71. The van der Waals surface area contributed by atoms with Gasteiger partial charge in [-0.05, 0) is 37.1 Å². The molecule has 1 unspecified atom stereocenters. The summed E-state index contributed by atoms with van der Waals surface area (Å²) in [5.41, 5.74) is 4.22. The summed E-state index contributed by atoms with van der Waals surface area (Å²) >= 11 is 11.9. The van der Waals surface area contributed by atoms with Crippen LogP contribution in [0.2, 0.25) is 5.02 Å². The quantitative estimate of drug-likeness (QED) is 0.498. The number of anilines is 1. The number of hydroxylamine groups is 2. The van der Waals surface area contributed by atoms with Crippen molar-refractivity contribution < 1.29 is 19.2 Å². The van der Waals surface area contributed by atoms with Crippen molar-refractivity contribution in [1.29, 1.82) is 0 Å². The zero-order chi connectivity index (χ0) is 17.3. The fourth-order valence-corrected chi connectivity index (χ4v) is 2.64. The van der Waals surface area contributed by atoms with Crippen molar-refractivity contribution >= 4 is 40.3 Å².